The molecule has 0 aliphatic carbocycles. The van der Waals surface area contributed by atoms with E-state index in [9.17, 15) is 0 Å². The van der Waals surface area contributed by atoms with E-state index in [0.29, 0.717) is 4.05 Å². The number of rotatable bonds is 0. The molecule has 1 aliphatic rings. The third kappa shape index (κ3) is 1.12. The van der Waals surface area contributed by atoms with Crippen molar-refractivity contribution in [1.29, 1.82) is 0 Å². The monoisotopic (exact) mass is 260 g/mol. The molecule has 3 heteroatoms. The zero-order chi connectivity index (χ0) is 7.84. The molecule has 0 aromatic heterocycles. The first-order valence-corrected chi connectivity index (χ1v) is 4.76. The molecule has 1 atom stereocenters. The largest absolute Gasteiger partial charge is 0.310 e. The molecule has 1 aromatic rings. The van der Waals surface area contributed by atoms with Crippen LogP contribution in [0.4, 0.5) is 5.69 Å². The van der Waals surface area contributed by atoms with Gasteiger partial charge in [-0.2, -0.15) is 0 Å². The van der Waals surface area contributed by atoms with Gasteiger partial charge in [0, 0.05) is 12.6 Å². The Labute approximate surface area is 79.7 Å². The molecule has 11 heavy (non-hydrogen) atoms. The van der Waals surface area contributed by atoms with E-state index in [1.807, 2.05) is 7.05 Å². The molecule has 0 bridgehead atoms. The van der Waals surface area contributed by atoms with Crippen LogP contribution in [0, 0.1) is 0 Å². The summed E-state index contributed by atoms with van der Waals surface area (Å²) in [5.74, 6) is 0. The number of benzene rings is 1. The molecule has 1 aromatic carbocycles. The number of alkyl halides is 1. The number of fused-ring (bicyclic) bond motifs is 1. The summed E-state index contributed by atoms with van der Waals surface area (Å²) in [6, 6.07) is 8.42. The van der Waals surface area contributed by atoms with Gasteiger partial charge in [-0.3, -0.25) is 0 Å². The van der Waals surface area contributed by atoms with E-state index in [0.717, 1.165) is 0 Å². The second kappa shape index (κ2) is 2.64. The van der Waals surface area contributed by atoms with Gasteiger partial charge in [-0.05, 0) is 6.07 Å². The number of halogens is 1. The molecule has 1 N–H and O–H groups in total. The van der Waals surface area contributed by atoms with E-state index in [1.54, 1.807) is 0 Å². The van der Waals surface area contributed by atoms with Crippen LogP contribution in [-0.4, -0.2) is 7.05 Å². The minimum Gasteiger partial charge on any atom is -0.310 e. The highest BCUT2D eigenvalue weighted by molar-refractivity contribution is 14.1. The van der Waals surface area contributed by atoms with Gasteiger partial charge in [0.1, 0.15) is 4.05 Å². The van der Waals surface area contributed by atoms with Crippen LogP contribution in [0.5, 0.6) is 0 Å². The lowest BCUT2D eigenvalue weighted by atomic mass is 10.2. The maximum Gasteiger partial charge on any atom is 0.105 e. The molecule has 1 unspecified atom stereocenters. The highest BCUT2D eigenvalue weighted by Crippen LogP contribution is 2.34. The summed E-state index contributed by atoms with van der Waals surface area (Å²) in [5, 5.41) is 2.06. The molecule has 0 saturated carbocycles. The zero-order valence-electron chi connectivity index (χ0n) is 6.21. The van der Waals surface area contributed by atoms with Crippen molar-refractivity contribution in [3.05, 3.63) is 29.8 Å². The van der Waals surface area contributed by atoms with Gasteiger partial charge in [0.2, 0.25) is 0 Å². The minimum atomic E-state index is 0.425. The van der Waals surface area contributed by atoms with Crippen molar-refractivity contribution in [2.45, 2.75) is 4.05 Å². The van der Waals surface area contributed by atoms with Gasteiger partial charge in [-0.25, -0.2) is 5.43 Å². The summed E-state index contributed by atoms with van der Waals surface area (Å²) in [6.45, 7) is 0. The van der Waals surface area contributed by atoms with Gasteiger partial charge in [0.05, 0.1) is 5.69 Å². The molecule has 0 spiro atoms. The average Bonchev–Trinajstić information content (AvgIpc) is 2.30. The molecule has 0 radical (unpaired) electrons. The third-order valence-electron chi connectivity index (χ3n) is 1.88. The van der Waals surface area contributed by atoms with Crippen LogP contribution in [-0.2, 0) is 0 Å². The SMILES string of the molecule is CN1NC(I)c2ccccc21. The number of hydrogen-bond acceptors (Lipinski definition) is 2. The Bertz CT molecular complexity index is 248. The number of nitrogens with one attached hydrogen (secondary N) is 1. The van der Waals surface area contributed by atoms with E-state index in [1.165, 1.54) is 11.3 Å². The van der Waals surface area contributed by atoms with Gasteiger partial charge in [-0.1, -0.05) is 40.8 Å². The summed E-state index contributed by atoms with van der Waals surface area (Å²) in [6.07, 6.45) is 0. The van der Waals surface area contributed by atoms with Crippen molar-refractivity contribution in [2.24, 2.45) is 0 Å². The predicted molar refractivity (Wildman–Crippen MR) is 54.7 cm³/mol. The fourth-order valence-corrected chi connectivity index (χ4v) is 2.26. The number of hydrogen-bond donors (Lipinski definition) is 1. The smallest absolute Gasteiger partial charge is 0.105 e. The van der Waals surface area contributed by atoms with Gasteiger partial charge >= 0.3 is 0 Å². The molecule has 2 rings (SSSR count). The molecule has 0 saturated heterocycles. The fraction of sp³-hybridized carbons (Fsp3) is 0.250. The Hall–Kier alpha value is -0.290. The van der Waals surface area contributed by atoms with Gasteiger partial charge < -0.3 is 5.01 Å². The van der Waals surface area contributed by atoms with Crippen LogP contribution < -0.4 is 10.4 Å². The van der Waals surface area contributed by atoms with Crippen LogP contribution in [0.3, 0.4) is 0 Å². The lowest BCUT2D eigenvalue weighted by Crippen LogP contribution is -2.27. The number of para-hydroxylation sites is 1. The molecule has 0 amide bonds. The predicted octanol–water partition coefficient (Wildman–Crippen LogP) is 2.07. The van der Waals surface area contributed by atoms with Crippen molar-refractivity contribution in [3.63, 3.8) is 0 Å². The number of hydrazine groups is 1. The lowest BCUT2D eigenvalue weighted by Gasteiger charge is -2.11. The first kappa shape index (κ1) is 7.36. The van der Waals surface area contributed by atoms with Crippen molar-refractivity contribution in [2.75, 3.05) is 12.1 Å². The van der Waals surface area contributed by atoms with Crippen LogP contribution in [0.2, 0.25) is 0 Å². The second-order valence-corrected chi connectivity index (χ2v) is 3.86. The highest BCUT2D eigenvalue weighted by Gasteiger charge is 2.21. The van der Waals surface area contributed by atoms with Gasteiger partial charge in [0.25, 0.3) is 0 Å². The summed E-state index contributed by atoms with van der Waals surface area (Å²) in [4.78, 5) is 0. The van der Waals surface area contributed by atoms with Crippen LogP contribution in [0.25, 0.3) is 0 Å². The topological polar surface area (TPSA) is 15.3 Å². The zero-order valence-corrected chi connectivity index (χ0v) is 8.37. The van der Waals surface area contributed by atoms with E-state index in [2.05, 4.69) is 57.3 Å². The first-order valence-electron chi connectivity index (χ1n) is 3.52. The normalized spacial score (nSPS) is 22.0. The molecule has 1 aliphatic heterocycles. The quantitative estimate of drug-likeness (QED) is 0.436. The molecule has 1 heterocycles. The summed E-state index contributed by atoms with van der Waals surface area (Å²) in [5.41, 5.74) is 5.96. The summed E-state index contributed by atoms with van der Waals surface area (Å²) in [7, 11) is 2.04. The Morgan fingerprint density at radius 3 is 2.91 bits per heavy atom. The molecule has 58 valence electrons. The van der Waals surface area contributed by atoms with Crippen molar-refractivity contribution in [3.8, 4) is 0 Å². The lowest BCUT2D eigenvalue weighted by molar-refractivity contribution is 0.738. The second-order valence-electron chi connectivity index (χ2n) is 2.61. The fourth-order valence-electron chi connectivity index (χ4n) is 1.32. The van der Waals surface area contributed by atoms with Crippen LogP contribution in [0.1, 0.15) is 9.61 Å². The average molecular weight is 260 g/mol. The van der Waals surface area contributed by atoms with E-state index < -0.39 is 0 Å². The third-order valence-corrected chi connectivity index (χ3v) is 2.83. The van der Waals surface area contributed by atoms with Gasteiger partial charge in [-0.15, -0.1) is 0 Å². The molecule has 0 fully saturated rings. The van der Waals surface area contributed by atoms with Gasteiger partial charge in [0.15, 0.2) is 0 Å². The Morgan fingerprint density at radius 1 is 1.45 bits per heavy atom. The van der Waals surface area contributed by atoms with Crippen molar-refractivity contribution >= 4 is 28.3 Å². The minimum absolute atomic E-state index is 0.425. The Balaban J connectivity index is 2.52. The maximum atomic E-state index is 3.30. The van der Waals surface area contributed by atoms with E-state index in [4.69, 9.17) is 0 Å². The van der Waals surface area contributed by atoms with Crippen molar-refractivity contribution in [1.82, 2.24) is 5.43 Å². The van der Waals surface area contributed by atoms with Crippen LogP contribution >= 0.6 is 22.6 Å². The first-order chi connectivity index (χ1) is 5.29. The highest BCUT2D eigenvalue weighted by atomic mass is 127. The Kier molecular flexibility index (Phi) is 1.77. The number of anilines is 1. The standard InChI is InChI=1S/C8H9IN2/c1-11-7-5-3-2-4-6(7)8(9)10-11/h2-5,8,10H,1H3. The maximum absolute atomic E-state index is 3.30. The molecular formula is C8H9IN2. The number of nitrogens with zero attached hydrogens (tertiary/aromatic N) is 1. The molecular weight excluding hydrogens is 251 g/mol. The summed E-state index contributed by atoms with van der Waals surface area (Å²) >= 11 is 2.39. The van der Waals surface area contributed by atoms with Crippen LogP contribution in [0.15, 0.2) is 24.3 Å². The van der Waals surface area contributed by atoms with Crippen molar-refractivity contribution < 1.29 is 0 Å². The summed E-state index contributed by atoms with van der Waals surface area (Å²) < 4.78 is 0.425. The van der Waals surface area contributed by atoms with E-state index in [-0.39, 0.29) is 0 Å². The molecule has 2 nitrogen and oxygen atoms in total. The van der Waals surface area contributed by atoms with E-state index >= 15 is 0 Å². The Morgan fingerprint density at radius 2 is 2.18 bits per heavy atom.